The number of nitrogens with zero attached hydrogens (tertiary/aromatic N) is 1. The van der Waals surface area contributed by atoms with Crippen molar-refractivity contribution in [3.8, 4) is 0 Å². The topological polar surface area (TPSA) is 59.8 Å². The van der Waals surface area contributed by atoms with Crippen molar-refractivity contribution in [1.82, 2.24) is 10.3 Å². The van der Waals surface area contributed by atoms with Gasteiger partial charge in [0, 0.05) is 18.6 Å². The highest BCUT2D eigenvalue weighted by molar-refractivity contribution is 5.14. The van der Waals surface area contributed by atoms with Gasteiger partial charge in [-0.3, -0.25) is 10.7 Å². The van der Waals surface area contributed by atoms with Gasteiger partial charge in [0.1, 0.15) is 5.76 Å². The van der Waals surface area contributed by atoms with Crippen LogP contribution in [0.3, 0.4) is 0 Å². The molecule has 3 N–H and O–H groups in total. The number of allylic oxidation sites excluding steroid dienone is 1. The molecule has 2 aliphatic heterocycles. The quantitative estimate of drug-likeness (QED) is 0.576. The molecule has 2 unspecified atom stereocenters. The molecular weight excluding hydrogens is 242 g/mol. The molecule has 5 nitrogen and oxygen atoms in total. The van der Waals surface area contributed by atoms with E-state index in [1.54, 1.807) is 0 Å². The molecule has 0 amide bonds. The van der Waals surface area contributed by atoms with Gasteiger partial charge in [-0.25, -0.2) is 5.43 Å². The van der Waals surface area contributed by atoms with Crippen LogP contribution in [-0.2, 0) is 9.47 Å². The van der Waals surface area contributed by atoms with E-state index in [9.17, 15) is 0 Å². The molecule has 5 heteroatoms. The van der Waals surface area contributed by atoms with Gasteiger partial charge in [0.25, 0.3) is 0 Å². The second kappa shape index (κ2) is 6.70. The normalized spacial score (nSPS) is 26.2. The smallest absolute Gasteiger partial charge is 0.112 e. The van der Waals surface area contributed by atoms with Crippen molar-refractivity contribution in [2.24, 2.45) is 5.84 Å². The van der Waals surface area contributed by atoms with E-state index in [4.69, 9.17) is 15.3 Å². The van der Waals surface area contributed by atoms with Crippen molar-refractivity contribution >= 4 is 0 Å². The Morgan fingerprint density at radius 3 is 2.68 bits per heavy atom. The summed E-state index contributed by atoms with van der Waals surface area (Å²) in [6.07, 6.45) is 5.38. The summed E-state index contributed by atoms with van der Waals surface area (Å²) in [4.78, 5) is 2.47. The molecular formula is C14H27N3O2. The van der Waals surface area contributed by atoms with E-state index in [0.29, 0.717) is 0 Å². The van der Waals surface area contributed by atoms with Gasteiger partial charge >= 0.3 is 0 Å². The molecule has 1 saturated heterocycles. The maximum Gasteiger partial charge on any atom is 0.112 e. The van der Waals surface area contributed by atoms with Crippen LogP contribution in [0.5, 0.6) is 0 Å². The number of hydrazine groups is 1. The minimum atomic E-state index is -0.0400. The summed E-state index contributed by atoms with van der Waals surface area (Å²) in [6, 6.07) is 0.0379. The maximum absolute atomic E-state index is 5.84. The lowest BCUT2D eigenvalue weighted by Gasteiger charge is -2.48. The van der Waals surface area contributed by atoms with Crippen LogP contribution in [-0.4, -0.2) is 49.4 Å². The number of nitrogens with two attached hydrogens (primary N) is 1. The lowest BCUT2D eigenvalue weighted by atomic mass is 9.85. The molecule has 0 saturated carbocycles. The first-order chi connectivity index (χ1) is 9.22. The van der Waals surface area contributed by atoms with Crippen molar-refractivity contribution in [2.75, 3.05) is 32.9 Å². The Morgan fingerprint density at radius 2 is 2.16 bits per heavy atom. The summed E-state index contributed by atoms with van der Waals surface area (Å²) in [6.45, 7) is 8.78. The highest BCUT2D eigenvalue weighted by Gasteiger charge is 2.41. The van der Waals surface area contributed by atoms with E-state index in [0.717, 1.165) is 57.9 Å². The predicted molar refractivity (Wildman–Crippen MR) is 75.5 cm³/mol. The van der Waals surface area contributed by atoms with Crippen molar-refractivity contribution in [2.45, 2.75) is 44.7 Å². The van der Waals surface area contributed by atoms with Crippen molar-refractivity contribution < 1.29 is 9.47 Å². The first-order valence-electron chi connectivity index (χ1n) is 7.34. The van der Waals surface area contributed by atoms with Gasteiger partial charge in [0.05, 0.1) is 25.9 Å². The molecule has 0 aromatic heterocycles. The fourth-order valence-corrected chi connectivity index (χ4v) is 3.03. The van der Waals surface area contributed by atoms with E-state index in [1.165, 1.54) is 0 Å². The Balaban J connectivity index is 2.18. The summed E-state index contributed by atoms with van der Waals surface area (Å²) in [5, 5.41) is 0. The van der Waals surface area contributed by atoms with Gasteiger partial charge < -0.3 is 9.47 Å². The van der Waals surface area contributed by atoms with Crippen molar-refractivity contribution in [3.05, 3.63) is 11.8 Å². The first kappa shape index (κ1) is 14.8. The van der Waals surface area contributed by atoms with Gasteiger partial charge in [-0.15, -0.1) is 0 Å². The molecule has 110 valence electrons. The summed E-state index contributed by atoms with van der Waals surface area (Å²) in [7, 11) is 0. The van der Waals surface area contributed by atoms with E-state index < -0.39 is 0 Å². The third-order valence-corrected chi connectivity index (χ3v) is 4.49. The zero-order valence-electron chi connectivity index (χ0n) is 12.2. The highest BCUT2D eigenvalue weighted by Crippen LogP contribution is 2.30. The summed E-state index contributed by atoms with van der Waals surface area (Å²) in [5.41, 5.74) is 2.94. The fraction of sp³-hybridized carbons (Fsp3) is 0.857. The van der Waals surface area contributed by atoms with Crippen LogP contribution in [0.25, 0.3) is 0 Å². The van der Waals surface area contributed by atoms with Gasteiger partial charge in [-0.2, -0.15) is 0 Å². The van der Waals surface area contributed by atoms with Crippen LogP contribution < -0.4 is 11.3 Å². The van der Waals surface area contributed by atoms with Crippen LogP contribution in [0.2, 0.25) is 0 Å². The second-order valence-corrected chi connectivity index (χ2v) is 5.51. The number of ether oxygens (including phenoxy) is 2. The largest absolute Gasteiger partial charge is 0.496 e. The lowest BCUT2D eigenvalue weighted by Crippen LogP contribution is -2.64. The molecule has 2 aliphatic rings. The van der Waals surface area contributed by atoms with Gasteiger partial charge in [-0.05, 0) is 32.3 Å². The molecule has 0 aromatic rings. The van der Waals surface area contributed by atoms with Crippen LogP contribution in [0.15, 0.2) is 11.8 Å². The summed E-state index contributed by atoms with van der Waals surface area (Å²) >= 11 is 0. The third-order valence-electron chi connectivity index (χ3n) is 4.49. The van der Waals surface area contributed by atoms with E-state index in [2.05, 4.69) is 30.2 Å². The van der Waals surface area contributed by atoms with E-state index >= 15 is 0 Å². The molecule has 0 aromatic carbocycles. The maximum atomic E-state index is 5.84. The number of hydrogen-bond donors (Lipinski definition) is 2. The zero-order valence-corrected chi connectivity index (χ0v) is 12.2. The molecule has 19 heavy (non-hydrogen) atoms. The number of morpholine rings is 1. The van der Waals surface area contributed by atoms with Crippen LogP contribution >= 0.6 is 0 Å². The van der Waals surface area contributed by atoms with E-state index in [1.807, 2.05) is 0 Å². The average Bonchev–Trinajstić information content (AvgIpc) is 2.49. The molecule has 2 heterocycles. The molecule has 0 bridgehead atoms. The van der Waals surface area contributed by atoms with Crippen LogP contribution in [0.4, 0.5) is 0 Å². The van der Waals surface area contributed by atoms with Crippen LogP contribution in [0.1, 0.15) is 33.1 Å². The number of nitrogens with one attached hydrogen (secondary N) is 1. The molecule has 1 fully saturated rings. The van der Waals surface area contributed by atoms with Crippen LogP contribution in [0, 0.1) is 0 Å². The Morgan fingerprint density at radius 1 is 1.42 bits per heavy atom. The summed E-state index contributed by atoms with van der Waals surface area (Å²) < 4.78 is 11.3. The Hall–Kier alpha value is -0.620. The number of hydrogen-bond acceptors (Lipinski definition) is 5. The minimum absolute atomic E-state index is 0.0379. The molecule has 0 spiro atoms. The zero-order chi connectivity index (χ0) is 13.7. The van der Waals surface area contributed by atoms with Crippen molar-refractivity contribution in [1.29, 1.82) is 0 Å². The SMILES string of the molecule is CCC(C)(C(NN)C1=CCCCO1)N1CCOCC1. The molecule has 2 rings (SSSR count). The Kier molecular flexibility index (Phi) is 5.21. The first-order valence-corrected chi connectivity index (χ1v) is 7.34. The number of rotatable bonds is 5. The fourth-order valence-electron chi connectivity index (χ4n) is 3.03. The van der Waals surface area contributed by atoms with Crippen molar-refractivity contribution in [3.63, 3.8) is 0 Å². The molecule has 2 atom stereocenters. The van der Waals surface area contributed by atoms with Gasteiger partial charge in [-0.1, -0.05) is 6.92 Å². The van der Waals surface area contributed by atoms with E-state index in [-0.39, 0.29) is 11.6 Å². The second-order valence-electron chi connectivity index (χ2n) is 5.51. The Bertz CT molecular complexity index is 316. The third kappa shape index (κ3) is 3.11. The highest BCUT2D eigenvalue weighted by atomic mass is 16.5. The van der Waals surface area contributed by atoms with Gasteiger partial charge in [0.2, 0.25) is 0 Å². The predicted octanol–water partition coefficient (Wildman–Crippen LogP) is 1.01. The molecule has 0 aliphatic carbocycles. The Labute approximate surface area is 116 Å². The lowest BCUT2D eigenvalue weighted by molar-refractivity contribution is -0.0357. The standard InChI is InChI=1S/C14H27N3O2/c1-3-14(2,17-7-10-18-11-8-17)13(16-15)12-6-4-5-9-19-12/h6,13,16H,3-5,7-11,15H2,1-2H3. The summed E-state index contributed by atoms with van der Waals surface area (Å²) in [5.74, 6) is 6.85. The average molecular weight is 269 g/mol. The minimum Gasteiger partial charge on any atom is -0.496 e. The van der Waals surface area contributed by atoms with Gasteiger partial charge in [0.15, 0.2) is 0 Å². The monoisotopic (exact) mass is 269 g/mol. The molecule has 0 radical (unpaired) electrons.